The van der Waals surface area contributed by atoms with Gasteiger partial charge in [-0.05, 0) is 27.7 Å². The maximum atomic E-state index is 11.3. The molecule has 0 aliphatic carbocycles. The van der Waals surface area contributed by atoms with Crippen molar-refractivity contribution in [2.75, 3.05) is 19.8 Å². The molecule has 134 valence electrons. The van der Waals surface area contributed by atoms with Gasteiger partial charge in [-0.15, -0.1) is 24.0 Å². The Morgan fingerprint density at radius 2 is 1.91 bits per heavy atom. The average Bonchev–Trinajstić information content (AvgIpc) is 2.66. The molecule has 1 aromatic rings. The lowest BCUT2D eigenvalue weighted by molar-refractivity contribution is 0.443. The van der Waals surface area contributed by atoms with Crippen LogP contribution in [0.5, 0.6) is 0 Å². The largest absolute Gasteiger partial charge is 0.444 e. The Balaban J connectivity index is 0.00000484. The van der Waals surface area contributed by atoms with Crippen molar-refractivity contribution in [1.82, 2.24) is 20.3 Å². The predicted molar refractivity (Wildman–Crippen MR) is 102 cm³/mol. The Morgan fingerprint density at radius 3 is 2.35 bits per heavy atom. The minimum Gasteiger partial charge on any atom is -0.444 e. The number of aryl methyl sites for hydroxylation is 2. The van der Waals surface area contributed by atoms with Crippen molar-refractivity contribution in [3.63, 3.8) is 0 Å². The second kappa shape index (κ2) is 8.83. The molecule has 8 nitrogen and oxygen atoms in total. The molecule has 0 saturated carbocycles. The van der Waals surface area contributed by atoms with Gasteiger partial charge in [0.1, 0.15) is 5.76 Å². The monoisotopic (exact) mass is 459 g/mol. The number of aromatic nitrogens is 1. The zero-order valence-electron chi connectivity index (χ0n) is 14.3. The number of nitrogens with one attached hydrogen (secondary N) is 3. The van der Waals surface area contributed by atoms with Crippen molar-refractivity contribution >= 4 is 40.0 Å². The molecule has 1 heterocycles. The fourth-order valence-corrected chi connectivity index (χ4v) is 2.91. The maximum Gasteiger partial charge on any atom is 0.214 e. The Hall–Kier alpha value is -0.880. The van der Waals surface area contributed by atoms with Crippen LogP contribution in [0.3, 0.4) is 0 Å². The zero-order chi connectivity index (χ0) is 17.0. The van der Waals surface area contributed by atoms with E-state index in [1.54, 1.807) is 20.9 Å². The van der Waals surface area contributed by atoms with Gasteiger partial charge in [-0.3, -0.25) is 4.99 Å². The summed E-state index contributed by atoms with van der Waals surface area (Å²) < 4.78 is 30.6. The third-order valence-corrected chi connectivity index (χ3v) is 3.79. The molecule has 0 aliphatic heterocycles. The first kappa shape index (κ1) is 22.1. The molecule has 0 amide bonds. The summed E-state index contributed by atoms with van der Waals surface area (Å²) in [5, 5.41) is 6.13. The number of hydrogen-bond donors (Lipinski definition) is 3. The van der Waals surface area contributed by atoms with Crippen LogP contribution in [-0.2, 0) is 16.6 Å². The molecule has 0 bridgehead atoms. The lowest BCUT2D eigenvalue weighted by Crippen LogP contribution is -2.52. The summed E-state index contributed by atoms with van der Waals surface area (Å²) in [6, 6.07) is 0. The third-order valence-electron chi connectivity index (χ3n) is 2.86. The topological polar surface area (TPSA) is 109 Å². The highest BCUT2D eigenvalue weighted by atomic mass is 127. The first-order chi connectivity index (χ1) is 10.0. The van der Waals surface area contributed by atoms with Crippen LogP contribution in [0.1, 0.15) is 31.2 Å². The number of hydrogen-bond acceptors (Lipinski definition) is 5. The molecule has 1 rings (SSSR count). The summed E-state index contributed by atoms with van der Waals surface area (Å²) in [5.41, 5.74) is 0.222. The summed E-state index contributed by atoms with van der Waals surface area (Å²) in [5.74, 6) is 1.90. The predicted octanol–water partition coefficient (Wildman–Crippen LogP) is 0.902. The van der Waals surface area contributed by atoms with Gasteiger partial charge in [0.15, 0.2) is 5.96 Å². The Labute approximate surface area is 155 Å². The van der Waals surface area contributed by atoms with Gasteiger partial charge in [0.05, 0.1) is 18.5 Å². The van der Waals surface area contributed by atoms with Gasteiger partial charge in [0.2, 0.25) is 15.9 Å². The summed E-state index contributed by atoms with van der Waals surface area (Å²) in [6.07, 6.45) is 1.13. The van der Waals surface area contributed by atoms with Crippen molar-refractivity contribution in [2.24, 2.45) is 4.99 Å². The molecule has 0 aliphatic rings. The van der Waals surface area contributed by atoms with Crippen LogP contribution < -0.4 is 15.4 Å². The van der Waals surface area contributed by atoms with Crippen molar-refractivity contribution < 1.29 is 12.8 Å². The quantitative estimate of drug-likeness (QED) is 0.332. The highest BCUT2D eigenvalue weighted by Gasteiger charge is 2.22. The lowest BCUT2D eigenvalue weighted by atomic mass is 10.1. The minimum atomic E-state index is -3.27. The third kappa shape index (κ3) is 8.51. The fraction of sp³-hybridized carbons (Fsp3) is 0.692. The Bertz CT molecular complexity index is 621. The number of rotatable bonds is 6. The van der Waals surface area contributed by atoms with Crippen LogP contribution in [-0.4, -0.2) is 44.7 Å². The van der Waals surface area contributed by atoms with Crippen LogP contribution in [0.15, 0.2) is 9.41 Å². The first-order valence-electron chi connectivity index (χ1n) is 6.89. The minimum absolute atomic E-state index is 0. The van der Waals surface area contributed by atoms with E-state index in [0.717, 1.165) is 17.7 Å². The molecule has 0 spiro atoms. The van der Waals surface area contributed by atoms with Gasteiger partial charge < -0.3 is 15.1 Å². The highest BCUT2D eigenvalue weighted by Crippen LogP contribution is 2.07. The van der Waals surface area contributed by atoms with Crippen LogP contribution in [0.2, 0.25) is 0 Å². The molecular weight excluding hydrogens is 433 g/mol. The van der Waals surface area contributed by atoms with Crippen LogP contribution in [0.4, 0.5) is 0 Å². The molecule has 1 aromatic heterocycles. The molecule has 0 atom stereocenters. The van der Waals surface area contributed by atoms with E-state index in [-0.39, 0.29) is 24.0 Å². The van der Waals surface area contributed by atoms with E-state index in [9.17, 15) is 8.42 Å². The molecule has 0 radical (unpaired) electrons. The second-order valence-corrected chi connectivity index (χ2v) is 7.54. The van der Waals surface area contributed by atoms with Crippen molar-refractivity contribution in [3.8, 4) is 0 Å². The Morgan fingerprint density at radius 1 is 1.30 bits per heavy atom. The first-order valence-corrected chi connectivity index (χ1v) is 8.78. The number of oxazole rings is 1. The lowest BCUT2D eigenvalue weighted by Gasteiger charge is -2.26. The summed E-state index contributed by atoms with van der Waals surface area (Å²) in [4.78, 5) is 8.35. The van der Waals surface area contributed by atoms with E-state index in [4.69, 9.17) is 4.42 Å². The number of nitrogens with zero attached hydrogens (tertiary/aromatic N) is 2. The van der Waals surface area contributed by atoms with Crippen molar-refractivity contribution in [3.05, 3.63) is 17.3 Å². The molecule has 0 aromatic carbocycles. The maximum absolute atomic E-state index is 11.3. The smallest absolute Gasteiger partial charge is 0.214 e. The van der Waals surface area contributed by atoms with Gasteiger partial charge in [-0.1, -0.05) is 0 Å². The SMILES string of the molecule is CN=C(NCc1nc(C)c(C)o1)NCC(C)(C)NS(C)(=O)=O.I. The van der Waals surface area contributed by atoms with Gasteiger partial charge >= 0.3 is 0 Å². The van der Waals surface area contributed by atoms with E-state index < -0.39 is 15.6 Å². The molecule has 3 N–H and O–H groups in total. The van der Waals surface area contributed by atoms with Crippen molar-refractivity contribution in [2.45, 2.75) is 39.8 Å². The number of halogens is 1. The summed E-state index contributed by atoms with van der Waals surface area (Å²) in [7, 11) is -1.63. The van der Waals surface area contributed by atoms with E-state index in [0.29, 0.717) is 24.9 Å². The number of guanidine groups is 1. The van der Waals surface area contributed by atoms with E-state index >= 15 is 0 Å². The van der Waals surface area contributed by atoms with Crippen LogP contribution >= 0.6 is 24.0 Å². The van der Waals surface area contributed by atoms with Crippen molar-refractivity contribution in [1.29, 1.82) is 0 Å². The number of aliphatic imine (C=N–C) groups is 1. The van der Waals surface area contributed by atoms with E-state index in [2.05, 4.69) is 25.3 Å². The molecule has 0 fully saturated rings. The van der Waals surface area contributed by atoms with Gasteiger partial charge in [0.25, 0.3) is 0 Å². The normalized spacial score (nSPS) is 12.7. The summed E-state index contributed by atoms with van der Waals surface area (Å²) in [6.45, 7) is 8.09. The highest BCUT2D eigenvalue weighted by molar-refractivity contribution is 14.0. The molecule has 23 heavy (non-hydrogen) atoms. The molecule has 0 unspecified atom stereocenters. The van der Waals surface area contributed by atoms with Gasteiger partial charge in [-0.2, -0.15) is 0 Å². The standard InChI is InChI=1S/C13H25N5O3S.HI/c1-9-10(2)21-11(17-9)7-15-12(14-5)16-8-13(3,4)18-22(6,19)20;/h18H,7-8H2,1-6H3,(H2,14,15,16);1H. The molecule has 0 saturated heterocycles. The fourth-order valence-electron chi connectivity index (χ4n) is 1.84. The van der Waals surface area contributed by atoms with E-state index in [1.165, 1.54) is 0 Å². The van der Waals surface area contributed by atoms with Crippen LogP contribution in [0, 0.1) is 13.8 Å². The second-order valence-electron chi connectivity index (χ2n) is 5.79. The molecular formula is C13H26IN5O3S. The van der Waals surface area contributed by atoms with Crippen LogP contribution in [0.25, 0.3) is 0 Å². The van der Waals surface area contributed by atoms with Gasteiger partial charge in [-0.25, -0.2) is 18.1 Å². The summed E-state index contributed by atoms with van der Waals surface area (Å²) >= 11 is 0. The Kier molecular flexibility index (Phi) is 8.49. The molecule has 10 heteroatoms. The zero-order valence-corrected chi connectivity index (χ0v) is 17.5. The van der Waals surface area contributed by atoms with Gasteiger partial charge in [0, 0.05) is 19.1 Å². The number of sulfonamides is 1. The van der Waals surface area contributed by atoms with E-state index in [1.807, 2.05) is 13.8 Å². The average molecular weight is 459 g/mol.